The fourth-order valence-corrected chi connectivity index (χ4v) is 2.99. The van der Waals surface area contributed by atoms with Gasteiger partial charge < -0.3 is 10.2 Å². The van der Waals surface area contributed by atoms with Crippen molar-refractivity contribution in [1.82, 2.24) is 5.32 Å². The molecule has 1 aliphatic heterocycles. The second kappa shape index (κ2) is 6.79. The van der Waals surface area contributed by atoms with Crippen LogP contribution in [0.15, 0.2) is 24.3 Å². The largest absolute Gasteiger partial charge is 0.371 e. The predicted molar refractivity (Wildman–Crippen MR) is 79.3 cm³/mol. The Kier molecular flexibility index (Phi) is 5.06. The van der Waals surface area contributed by atoms with Crippen LogP contribution in [0.2, 0.25) is 0 Å². The van der Waals surface area contributed by atoms with Gasteiger partial charge >= 0.3 is 0 Å². The number of hydrogen-bond donors (Lipinski definition) is 1. The van der Waals surface area contributed by atoms with E-state index in [1.807, 2.05) is 7.05 Å². The van der Waals surface area contributed by atoms with Crippen LogP contribution in [-0.4, -0.2) is 26.7 Å². The number of nitrogens with one attached hydrogen (secondary N) is 1. The average Bonchev–Trinajstić information content (AvgIpc) is 2.45. The zero-order valence-corrected chi connectivity index (χ0v) is 11.8. The van der Waals surface area contributed by atoms with Gasteiger partial charge in [-0.3, -0.25) is 0 Å². The van der Waals surface area contributed by atoms with Crippen LogP contribution in [0.3, 0.4) is 0 Å². The first-order valence-electron chi connectivity index (χ1n) is 7.32. The Hall–Kier alpha value is -1.02. The van der Waals surface area contributed by atoms with E-state index in [1.54, 1.807) is 0 Å². The van der Waals surface area contributed by atoms with E-state index in [0.717, 1.165) is 18.9 Å². The monoisotopic (exact) mass is 246 g/mol. The zero-order chi connectivity index (χ0) is 12.8. The van der Waals surface area contributed by atoms with E-state index in [2.05, 4.69) is 41.4 Å². The molecule has 0 radical (unpaired) electrons. The Morgan fingerprint density at radius 2 is 2.17 bits per heavy atom. The van der Waals surface area contributed by atoms with Crippen LogP contribution < -0.4 is 10.2 Å². The lowest BCUT2D eigenvalue weighted by molar-refractivity contribution is 0.387. The molecule has 18 heavy (non-hydrogen) atoms. The number of rotatable bonds is 5. The van der Waals surface area contributed by atoms with Crippen molar-refractivity contribution in [2.75, 3.05) is 31.6 Å². The third-order valence-corrected chi connectivity index (χ3v) is 4.03. The molecule has 1 aliphatic rings. The first-order valence-corrected chi connectivity index (χ1v) is 7.32. The van der Waals surface area contributed by atoms with Crippen molar-refractivity contribution >= 4 is 5.69 Å². The highest BCUT2D eigenvalue weighted by atomic mass is 15.1. The van der Waals surface area contributed by atoms with Crippen LogP contribution in [0.1, 0.15) is 31.7 Å². The summed E-state index contributed by atoms with van der Waals surface area (Å²) in [5, 5.41) is 3.27. The van der Waals surface area contributed by atoms with Crippen LogP contribution in [0.5, 0.6) is 0 Å². The van der Waals surface area contributed by atoms with Gasteiger partial charge in [-0.15, -0.1) is 0 Å². The van der Waals surface area contributed by atoms with E-state index in [0.29, 0.717) is 0 Å². The number of anilines is 1. The summed E-state index contributed by atoms with van der Waals surface area (Å²) >= 11 is 0. The summed E-state index contributed by atoms with van der Waals surface area (Å²) in [6.07, 6.45) is 5.17. The molecule has 1 heterocycles. The van der Waals surface area contributed by atoms with Crippen LogP contribution in [0.25, 0.3) is 0 Å². The highest BCUT2D eigenvalue weighted by molar-refractivity contribution is 5.54. The van der Waals surface area contributed by atoms with Crippen LogP contribution in [0.4, 0.5) is 5.69 Å². The van der Waals surface area contributed by atoms with Crippen molar-refractivity contribution in [3.63, 3.8) is 0 Å². The lowest BCUT2D eigenvalue weighted by Crippen LogP contribution is -2.36. The second-order valence-corrected chi connectivity index (χ2v) is 5.33. The topological polar surface area (TPSA) is 15.3 Å². The molecule has 1 fully saturated rings. The van der Waals surface area contributed by atoms with Gasteiger partial charge in [0.25, 0.3) is 0 Å². The number of aryl methyl sites for hydroxylation is 1. The van der Waals surface area contributed by atoms with Gasteiger partial charge in [0, 0.05) is 18.8 Å². The Bertz CT molecular complexity index is 362. The molecule has 0 aliphatic carbocycles. The first-order chi connectivity index (χ1) is 8.85. The Labute approximate surface area is 111 Å². The quantitative estimate of drug-likeness (QED) is 0.859. The number of nitrogens with zero attached hydrogens (tertiary/aromatic N) is 1. The van der Waals surface area contributed by atoms with Crippen molar-refractivity contribution in [3.05, 3.63) is 29.8 Å². The number of benzene rings is 1. The number of hydrogen-bond acceptors (Lipinski definition) is 2. The van der Waals surface area contributed by atoms with E-state index < -0.39 is 0 Å². The molecule has 1 atom stereocenters. The molecule has 0 aromatic heterocycles. The van der Waals surface area contributed by atoms with Crippen molar-refractivity contribution in [3.8, 4) is 0 Å². The maximum atomic E-state index is 3.27. The third kappa shape index (κ3) is 3.26. The highest BCUT2D eigenvalue weighted by Crippen LogP contribution is 2.27. The molecule has 2 rings (SSSR count). The van der Waals surface area contributed by atoms with E-state index in [4.69, 9.17) is 0 Å². The molecule has 0 bridgehead atoms. The van der Waals surface area contributed by atoms with Gasteiger partial charge in [-0.05, 0) is 56.8 Å². The van der Waals surface area contributed by atoms with Gasteiger partial charge in [-0.1, -0.05) is 25.1 Å². The number of piperidine rings is 1. The summed E-state index contributed by atoms with van der Waals surface area (Å²) < 4.78 is 0. The molecule has 0 saturated carbocycles. The summed E-state index contributed by atoms with van der Waals surface area (Å²) in [4.78, 5) is 2.60. The molecule has 0 amide bonds. The zero-order valence-electron chi connectivity index (χ0n) is 11.8. The smallest absolute Gasteiger partial charge is 0.0398 e. The maximum absolute atomic E-state index is 3.27. The van der Waals surface area contributed by atoms with E-state index >= 15 is 0 Å². The van der Waals surface area contributed by atoms with E-state index in [9.17, 15) is 0 Å². The standard InChI is InChI=1S/C16H26N2/c1-3-15-8-4-5-9-16(15)18-12-6-7-14(13-18)10-11-17-2/h4-5,8-9,14,17H,3,6-7,10-13H2,1-2H3. The average molecular weight is 246 g/mol. The van der Waals surface area contributed by atoms with Gasteiger partial charge in [0.2, 0.25) is 0 Å². The number of para-hydroxylation sites is 1. The fraction of sp³-hybridized carbons (Fsp3) is 0.625. The Morgan fingerprint density at radius 1 is 1.33 bits per heavy atom. The predicted octanol–water partition coefficient (Wildman–Crippen LogP) is 3.07. The van der Waals surface area contributed by atoms with Crippen LogP contribution in [-0.2, 0) is 6.42 Å². The molecular weight excluding hydrogens is 220 g/mol. The van der Waals surface area contributed by atoms with Crippen LogP contribution >= 0.6 is 0 Å². The molecular formula is C16H26N2. The molecule has 1 saturated heterocycles. The lowest BCUT2D eigenvalue weighted by Gasteiger charge is -2.35. The Morgan fingerprint density at radius 3 is 2.94 bits per heavy atom. The fourth-order valence-electron chi connectivity index (χ4n) is 2.99. The SMILES string of the molecule is CCc1ccccc1N1CCCC(CCNC)C1. The van der Waals surface area contributed by atoms with Crippen molar-refractivity contribution < 1.29 is 0 Å². The summed E-state index contributed by atoms with van der Waals surface area (Å²) in [6.45, 7) is 5.86. The molecule has 1 unspecified atom stereocenters. The van der Waals surface area contributed by atoms with Gasteiger partial charge in [-0.2, -0.15) is 0 Å². The summed E-state index contributed by atoms with van der Waals surface area (Å²) in [7, 11) is 2.05. The lowest BCUT2D eigenvalue weighted by atomic mass is 9.93. The van der Waals surface area contributed by atoms with Crippen molar-refractivity contribution in [1.29, 1.82) is 0 Å². The molecule has 100 valence electrons. The molecule has 1 aromatic rings. The van der Waals surface area contributed by atoms with Gasteiger partial charge in [-0.25, -0.2) is 0 Å². The molecule has 2 nitrogen and oxygen atoms in total. The normalized spacial score (nSPS) is 20.1. The van der Waals surface area contributed by atoms with Crippen molar-refractivity contribution in [2.24, 2.45) is 5.92 Å². The minimum absolute atomic E-state index is 0.858. The van der Waals surface area contributed by atoms with Gasteiger partial charge in [0.05, 0.1) is 0 Å². The summed E-state index contributed by atoms with van der Waals surface area (Å²) in [5.41, 5.74) is 2.96. The molecule has 1 N–H and O–H groups in total. The minimum Gasteiger partial charge on any atom is -0.371 e. The second-order valence-electron chi connectivity index (χ2n) is 5.33. The summed E-state index contributed by atoms with van der Waals surface area (Å²) in [6, 6.07) is 8.89. The van der Waals surface area contributed by atoms with E-state index in [-0.39, 0.29) is 0 Å². The van der Waals surface area contributed by atoms with Crippen molar-refractivity contribution in [2.45, 2.75) is 32.6 Å². The summed E-state index contributed by atoms with van der Waals surface area (Å²) in [5.74, 6) is 0.858. The van der Waals surface area contributed by atoms with Gasteiger partial charge in [0.15, 0.2) is 0 Å². The molecule has 2 heteroatoms. The van der Waals surface area contributed by atoms with Gasteiger partial charge in [0.1, 0.15) is 0 Å². The highest BCUT2D eigenvalue weighted by Gasteiger charge is 2.20. The van der Waals surface area contributed by atoms with Crippen LogP contribution in [0, 0.1) is 5.92 Å². The Balaban J connectivity index is 2.03. The molecule has 0 spiro atoms. The minimum atomic E-state index is 0.858. The maximum Gasteiger partial charge on any atom is 0.0398 e. The first kappa shape index (κ1) is 13.4. The molecule has 1 aromatic carbocycles. The third-order valence-electron chi connectivity index (χ3n) is 4.03. The van der Waals surface area contributed by atoms with E-state index in [1.165, 1.54) is 43.6 Å².